The molecule has 23 heavy (non-hydrogen) atoms. The molecule has 0 aromatic heterocycles. The number of hydrogen-bond donors (Lipinski definition) is 1. The van der Waals surface area contributed by atoms with Crippen molar-refractivity contribution in [2.45, 2.75) is 57.6 Å². The van der Waals surface area contributed by atoms with E-state index in [4.69, 9.17) is 9.47 Å². The highest BCUT2D eigenvalue weighted by Gasteiger charge is 2.37. The predicted molar refractivity (Wildman–Crippen MR) is 87.9 cm³/mol. The molecule has 1 fully saturated rings. The Balaban J connectivity index is 1.97. The Morgan fingerprint density at radius 3 is 2.35 bits per heavy atom. The second kappa shape index (κ2) is 7.02. The molecule has 0 heterocycles. The normalized spacial score (nSPS) is 16.7. The molecule has 1 aliphatic rings. The number of aldehydes is 1. The van der Waals surface area contributed by atoms with E-state index in [9.17, 15) is 9.59 Å². The second-order valence-corrected chi connectivity index (χ2v) is 7.09. The lowest BCUT2D eigenvalue weighted by Gasteiger charge is -2.31. The first-order valence-corrected chi connectivity index (χ1v) is 8.01. The third kappa shape index (κ3) is 5.27. The molecule has 1 N–H and O–H groups in total. The van der Waals surface area contributed by atoms with E-state index >= 15 is 0 Å². The second-order valence-electron chi connectivity index (χ2n) is 7.09. The molecule has 2 rings (SSSR count). The van der Waals surface area contributed by atoms with Gasteiger partial charge in [-0.25, -0.2) is 4.79 Å². The lowest BCUT2D eigenvalue weighted by atomic mass is 9.99. The Bertz CT molecular complexity index is 539. The van der Waals surface area contributed by atoms with Crippen LogP contribution in [0, 0.1) is 0 Å². The summed E-state index contributed by atoms with van der Waals surface area (Å²) in [6.45, 7) is 5.93. The van der Waals surface area contributed by atoms with Crippen LogP contribution < -0.4 is 10.1 Å². The van der Waals surface area contributed by atoms with E-state index in [0.717, 1.165) is 32.0 Å². The molecule has 0 saturated heterocycles. The average Bonchev–Trinajstić information content (AvgIpc) is 2.92. The van der Waals surface area contributed by atoms with Crippen molar-refractivity contribution in [3.63, 3.8) is 0 Å². The maximum atomic E-state index is 12.1. The maximum absolute atomic E-state index is 12.1. The fraction of sp³-hybridized carbons (Fsp3) is 0.556. The summed E-state index contributed by atoms with van der Waals surface area (Å²) in [6, 6.07) is 6.95. The molecule has 126 valence electrons. The third-order valence-electron chi connectivity index (χ3n) is 3.86. The van der Waals surface area contributed by atoms with Crippen LogP contribution in [0.5, 0.6) is 5.75 Å². The summed E-state index contributed by atoms with van der Waals surface area (Å²) in [7, 11) is 0. The summed E-state index contributed by atoms with van der Waals surface area (Å²) in [6.07, 6.45) is 4.26. The molecule has 1 aromatic rings. The SMILES string of the molecule is CC(C)(C)OC(=O)NC1(COc2ccc(C=O)cc2)CCCC1. The number of nitrogens with one attached hydrogen (secondary N) is 1. The van der Waals surface area contributed by atoms with Crippen molar-refractivity contribution in [3.05, 3.63) is 29.8 Å². The van der Waals surface area contributed by atoms with Gasteiger partial charge in [-0.3, -0.25) is 4.79 Å². The number of carbonyl (C=O) groups is 2. The first-order chi connectivity index (χ1) is 10.8. The quantitative estimate of drug-likeness (QED) is 0.840. The highest BCUT2D eigenvalue weighted by molar-refractivity contribution is 5.74. The molecule has 5 heteroatoms. The Hall–Kier alpha value is -2.04. The first-order valence-electron chi connectivity index (χ1n) is 8.01. The van der Waals surface area contributed by atoms with Crippen LogP contribution in [0.2, 0.25) is 0 Å². The summed E-state index contributed by atoms with van der Waals surface area (Å²) in [5.74, 6) is 0.688. The fourth-order valence-corrected chi connectivity index (χ4v) is 2.74. The molecule has 0 radical (unpaired) electrons. The molecule has 0 unspecified atom stereocenters. The molecule has 0 spiro atoms. The zero-order valence-corrected chi connectivity index (χ0v) is 14.1. The monoisotopic (exact) mass is 319 g/mol. The van der Waals surface area contributed by atoms with Gasteiger partial charge in [0.1, 0.15) is 24.2 Å². The van der Waals surface area contributed by atoms with Crippen LogP contribution in [0.1, 0.15) is 56.8 Å². The van der Waals surface area contributed by atoms with Crippen molar-refractivity contribution in [1.29, 1.82) is 0 Å². The van der Waals surface area contributed by atoms with Gasteiger partial charge in [0, 0.05) is 5.56 Å². The van der Waals surface area contributed by atoms with E-state index in [1.54, 1.807) is 24.3 Å². The van der Waals surface area contributed by atoms with Gasteiger partial charge in [-0.15, -0.1) is 0 Å². The number of hydrogen-bond acceptors (Lipinski definition) is 4. The van der Waals surface area contributed by atoms with Crippen LogP contribution in [-0.4, -0.2) is 30.1 Å². The van der Waals surface area contributed by atoms with Crippen LogP contribution in [0.15, 0.2) is 24.3 Å². The van der Waals surface area contributed by atoms with Gasteiger partial charge in [-0.1, -0.05) is 12.8 Å². The molecule has 5 nitrogen and oxygen atoms in total. The van der Waals surface area contributed by atoms with Gasteiger partial charge in [-0.05, 0) is 57.9 Å². The molecular formula is C18H25NO4. The number of alkyl carbamates (subject to hydrolysis) is 1. The van der Waals surface area contributed by atoms with Gasteiger partial charge in [0.25, 0.3) is 0 Å². The number of carbonyl (C=O) groups excluding carboxylic acids is 2. The summed E-state index contributed by atoms with van der Waals surface area (Å²) in [5.41, 5.74) is -0.291. The van der Waals surface area contributed by atoms with Gasteiger partial charge < -0.3 is 14.8 Å². The van der Waals surface area contributed by atoms with Gasteiger partial charge in [0.05, 0.1) is 5.54 Å². The smallest absolute Gasteiger partial charge is 0.408 e. The molecule has 1 saturated carbocycles. The lowest BCUT2D eigenvalue weighted by molar-refractivity contribution is 0.0416. The van der Waals surface area contributed by atoms with Crippen molar-refractivity contribution in [2.24, 2.45) is 0 Å². The van der Waals surface area contributed by atoms with Crippen molar-refractivity contribution in [3.8, 4) is 5.75 Å². The highest BCUT2D eigenvalue weighted by atomic mass is 16.6. The number of ether oxygens (including phenoxy) is 2. The summed E-state index contributed by atoms with van der Waals surface area (Å²) < 4.78 is 11.2. The zero-order chi connectivity index (χ0) is 16.9. The van der Waals surface area contributed by atoms with Crippen molar-refractivity contribution in [1.82, 2.24) is 5.32 Å². The van der Waals surface area contributed by atoms with Crippen LogP contribution in [-0.2, 0) is 4.74 Å². The van der Waals surface area contributed by atoms with Crippen LogP contribution in [0.3, 0.4) is 0 Å². The summed E-state index contributed by atoms with van der Waals surface area (Å²) in [4.78, 5) is 22.8. The molecule has 0 aliphatic heterocycles. The third-order valence-corrected chi connectivity index (χ3v) is 3.86. The van der Waals surface area contributed by atoms with E-state index in [0.29, 0.717) is 17.9 Å². The Labute approximate surface area is 137 Å². The Morgan fingerprint density at radius 1 is 1.22 bits per heavy atom. The maximum Gasteiger partial charge on any atom is 0.408 e. The van der Waals surface area contributed by atoms with Crippen LogP contribution in [0.25, 0.3) is 0 Å². The largest absolute Gasteiger partial charge is 0.491 e. The first kappa shape index (κ1) is 17.3. The minimum Gasteiger partial charge on any atom is -0.491 e. The molecule has 0 atom stereocenters. The van der Waals surface area contributed by atoms with Crippen molar-refractivity contribution >= 4 is 12.4 Å². The topological polar surface area (TPSA) is 64.6 Å². The standard InChI is InChI=1S/C18H25NO4/c1-17(2,3)23-16(21)19-18(10-4-5-11-18)13-22-15-8-6-14(12-20)7-9-15/h6-9,12H,4-5,10-11,13H2,1-3H3,(H,19,21). The minimum atomic E-state index is -0.518. The average molecular weight is 319 g/mol. The van der Waals surface area contributed by atoms with Gasteiger partial charge in [-0.2, -0.15) is 0 Å². The van der Waals surface area contributed by atoms with Crippen LogP contribution in [0.4, 0.5) is 4.79 Å². The zero-order valence-electron chi connectivity index (χ0n) is 14.1. The molecule has 0 bridgehead atoms. The summed E-state index contributed by atoms with van der Waals surface area (Å²) >= 11 is 0. The van der Waals surface area contributed by atoms with Gasteiger partial charge in [0.15, 0.2) is 0 Å². The van der Waals surface area contributed by atoms with E-state index in [-0.39, 0.29) is 5.54 Å². The van der Waals surface area contributed by atoms with Gasteiger partial charge in [0.2, 0.25) is 0 Å². The van der Waals surface area contributed by atoms with E-state index in [1.165, 1.54) is 0 Å². The Morgan fingerprint density at radius 2 is 1.83 bits per heavy atom. The van der Waals surface area contributed by atoms with Crippen molar-refractivity contribution in [2.75, 3.05) is 6.61 Å². The van der Waals surface area contributed by atoms with Crippen LogP contribution >= 0.6 is 0 Å². The predicted octanol–water partition coefficient (Wildman–Crippen LogP) is 3.72. The number of benzene rings is 1. The number of amides is 1. The van der Waals surface area contributed by atoms with E-state index in [1.807, 2.05) is 20.8 Å². The van der Waals surface area contributed by atoms with Gasteiger partial charge >= 0.3 is 6.09 Å². The lowest BCUT2D eigenvalue weighted by Crippen LogP contribution is -2.52. The Kier molecular flexibility index (Phi) is 5.29. The molecule has 1 amide bonds. The summed E-state index contributed by atoms with van der Waals surface area (Å²) in [5, 5.41) is 3.00. The fourth-order valence-electron chi connectivity index (χ4n) is 2.74. The van der Waals surface area contributed by atoms with Crippen molar-refractivity contribution < 1.29 is 19.1 Å². The van der Waals surface area contributed by atoms with E-state index in [2.05, 4.69) is 5.32 Å². The molecule has 1 aromatic carbocycles. The number of rotatable bonds is 5. The molecular weight excluding hydrogens is 294 g/mol. The minimum absolute atomic E-state index is 0.383. The molecule has 1 aliphatic carbocycles. The van der Waals surface area contributed by atoms with E-state index < -0.39 is 11.7 Å². The highest BCUT2D eigenvalue weighted by Crippen LogP contribution is 2.31.